The van der Waals surface area contributed by atoms with Crippen molar-refractivity contribution in [1.29, 1.82) is 0 Å². The maximum Gasteiger partial charge on any atom is 0.0692 e. The van der Waals surface area contributed by atoms with Crippen LogP contribution in [0.5, 0.6) is 0 Å². The van der Waals surface area contributed by atoms with E-state index in [9.17, 15) is 0 Å². The molecule has 1 unspecified atom stereocenters. The molecule has 1 N–H and O–H groups in total. The number of thiophene rings is 1. The molecule has 0 aromatic carbocycles. The molecular weight excluding hydrogens is 220 g/mol. The molecule has 86 valence electrons. The summed E-state index contributed by atoms with van der Waals surface area (Å²) in [5.41, 5.74) is 1.41. The molecule has 0 saturated heterocycles. The lowest BCUT2D eigenvalue weighted by molar-refractivity contribution is 0.487. The smallest absolute Gasteiger partial charge is 0.0692 e. The molecule has 0 spiro atoms. The summed E-state index contributed by atoms with van der Waals surface area (Å²) in [4.78, 5) is 0. The number of rotatable bonds is 6. The molecule has 16 heavy (non-hydrogen) atoms. The Bertz CT molecular complexity index is 382. The molecule has 0 radical (unpaired) electrons. The fourth-order valence-corrected chi connectivity index (χ4v) is 2.29. The first kappa shape index (κ1) is 11.3. The molecule has 0 aliphatic rings. The van der Waals surface area contributed by atoms with E-state index in [1.54, 1.807) is 17.5 Å². The molecule has 2 aromatic heterocycles. The van der Waals surface area contributed by atoms with Gasteiger partial charge in [0.15, 0.2) is 0 Å². The molecule has 1 atom stereocenters. The average Bonchev–Trinajstić information content (AvgIpc) is 2.90. The Kier molecular flexibility index (Phi) is 4.07. The van der Waals surface area contributed by atoms with Crippen molar-refractivity contribution in [2.75, 3.05) is 6.54 Å². The third-order valence-corrected chi connectivity index (χ3v) is 3.16. The van der Waals surface area contributed by atoms with E-state index in [1.165, 1.54) is 5.56 Å². The zero-order valence-corrected chi connectivity index (χ0v) is 10.2. The average molecular weight is 236 g/mol. The number of nitrogens with zero attached hydrogens (tertiary/aromatic N) is 3. The van der Waals surface area contributed by atoms with Crippen molar-refractivity contribution in [3.63, 3.8) is 0 Å². The van der Waals surface area contributed by atoms with E-state index in [4.69, 9.17) is 0 Å². The van der Waals surface area contributed by atoms with Crippen molar-refractivity contribution in [2.24, 2.45) is 0 Å². The maximum atomic E-state index is 3.92. The minimum Gasteiger partial charge on any atom is -0.312 e. The zero-order chi connectivity index (χ0) is 11.2. The van der Waals surface area contributed by atoms with Gasteiger partial charge in [-0.1, -0.05) is 5.21 Å². The molecule has 0 bridgehead atoms. The van der Waals surface area contributed by atoms with Gasteiger partial charge < -0.3 is 5.32 Å². The van der Waals surface area contributed by atoms with Crippen LogP contribution in [0.25, 0.3) is 0 Å². The number of nitrogens with one attached hydrogen (secondary N) is 1. The SMILES string of the molecule is CC(Cc1ccsc1)NCCn1ccnn1. The number of aromatic nitrogens is 3. The van der Waals surface area contributed by atoms with E-state index in [1.807, 2.05) is 10.9 Å². The van der Waals surface area contributed by atoms with Crippen LogP contribution in [-0.2, 0) is 13.0 Å². The summed E-state index contributed by atoms with van der Waals surface area (Å²) in [5.74, 6) is 0. The Labute approximate surface area is 99.3 Å². The molecule has 4 nitrogen and oxygen atoms in total. The summed E-state index contributed by atoms with van der Waals surface area (Å²) in [6.45, 7) is 4.00. The van der Waals surface area contributed by atoms with E-state index < -0.39 is 0 Å². The topological polar surface area (TPSA) is 42.7 Å². The summed E-state index contributed by atoms with van der Waals surface area (Å²) >= 11 is 1.75. The van der Waals surface area contributed by atoms with Gasteiger partial charge in [0.1, 0.15) is 0 Å². The van der Waals surface area contributed by atoms with Crippen molar-refractivity contribution >= 4 is 11.3 Å². The highest BCUT2D eigenvalue weighted by atomic mass is 32.1. The zero-order valence-electron chi connectivity index (χ0n) is 9.34. The van der Waals surface area contributed by atoms with E-state index in [0.717, 1.165) is 19.5 Å². The van der Waals surface area contributed by atoms with Crippen LogP contribution in [0.2, 0.25) is 0 Å². The number of hydrogen-bond acceptors (Lipinski definition) is 4. The van der Waals surface area contributed by atoms with Crippen molar-refractivity contribution in [1.82, 2.24) is 20.3 Å². The Morgan fingerprint density at radius 3 is 3.19 bits per heavy atom. The van der Waals surface area contributed by atoms with Crippen LogP contribution < -0.4 is 5.32 Å². The minimum absolute atomic E-state index is 0.498. The Balaban J connectivity index is 1.66. The lowest BCUT2D eigenvalue weighted by Crippen LogP contribution is -2.31. The van der Waals surface area contributed by atoms with Gasteiger partial charge in [0.2, 0.25) is 0 Å². The second-order valence-electron chi connectivity index (χ2n) is 3.86. The summed E-state index contributed by atoms with van der Waals surface area (Å²) < 4.78 is 1.84. The normalized spacial score (nSPS) is 12.8. The third kappa shape index (κ3) is 3.43. The van der Waals surface area contributed by atoms with Crippen LogP contribution in [0.3, 0.4) is 0 Å². The first-order chi connectivity index (χ1) is 7.84. The van der Waals surface area contributed by atoms with Crippen molar-refractivity contribution in [2.45, 2.75) is 25.9 Å². The second-order valence-corrected chi connectivity index (χ2v) is 4.64. The highest BCUT2D eigenvalue weighted by Gasteiger charge is 2.02. The summed E-state index contributed by atoms with van der Waals surface area (Å²) in [6.07, 6.45) is 4.67. The Morgan fingerprint density at radius 1 is 1.56 bits per heavy atom. The summed E-state index contributed by atoms with van der Waals surface area (Å²) in [7, 11) is 0. The van der Waals surface area contributed by atoms with Gasteiger partial charge in [-0.25, -0.2) is 0 Å². The van der Waals surface area contributed by atoms with Gasteiger partial charge in [-0.15, -0.1) is 5.10 Å². The first-order valence-corrected chi connectivity index (χ1v) is 6.37. The third-order valence-electron chi connectivity index (χ3n) is 2.43. The summed E-state index contributed by atoms with van der Waals surface area (Å²) in [6, 6.07) is 2.68. The van der Waals surface area contributed by atoms with Gasteiger partial charge in [-0.3, -0.25) is 4.68 Å². The quantitative estimate of drug-likeness (QED) is 0.827. The van der Waals surface area contributed by atoms with Crippen LogP contribution in [0.15, 0.2) is 29.2 Å². The van der Waals surface area contributed by atoms with E-state index in [0.29, 0.717) is 6.04 Å². The Hall–Kier alpha value is -1.20. The van der Waals surface area contributed by atoms with Crippen LogP contribution in [-0.4, -0.2) is 27.6 Å². The van der Waals surface area contributed by atoms with Crippen molar-refractivity contribution < 1.29 is 0 Å². The predicted molar refractivity (Wildman–Crippen MR) is 65.5 cm³/mol. The van der Waals surface area contributed by atoms with Gasteiger partial charge in [0.25, 0.3) is 0 Å². The molecule has 0 fully saturated rings. The molecule has 0 aliphatic heterocycles. The van der Waals surface area contributed by atoms with Crippen molar-refractivity contribution in [3.05, 3.63) is 34.8 Å². The van der Waals surface area contributed by atoms with Crippen LogP contribution in [0, 0.1) is 0 Å². The van der Waals surface area contributed by atoms with Gasteiger partial charge in [-0.05, 0) is 35.7 Å². The lowest BCUT2D eigenvalue weighted by atomic mass is 10.1. The highest BCUT2D eigenvalue weighted by Crippen LogP contribution is 2.08. The van der Waals surface area contributed by atoms with E-state index in [2.05, 4.69) is 39.4 Å². The predicted octanol–water partition coefficient (Wildman–Crippen LogP) is 1.56. The number of hydrogen-bond donors (Lipinski definition) is 1. The minimum atomic E-state index is 0.498. The molecule has 0 saturated carbocycles. The Morgan fingerprint density at radius 2 is 2.50 bits per heavy atom. The van der Waals surface area contributed by atoms with Gasteiger partial charge in [0.05, 0.1) is 12.7 Å². The molecule has 2 rings (SSSR count). The molecule has 2 aromatic rings. The van der Waals surface area contributed by atoms with Gasteiger partial charge >= 0.3 is 0 Å². The maximum absolute atomic E-state index is 3.92. The van der Waals surface area contributed by atoms with Crippen LogP contribution in [0.4, 0.5) is 0 Å². The standard InChI is InChI=1S/C11H16N4S/c1-10(8-11-2-7-16-9-11)12-3-5-15-6-4-13-14-15/h2,4,6-7,9-10,12H,3,5,8H2,1H3. The van der Waals surface area contributed by atoms with E-state index in [-0.39, 0.29) is 0 Å². The molecule has 5 heteroatoms. The monoisotopic (exact) mass is 236 g/mol. The largest absolute Gasteiger partial charge is 0.312 e. The fourth-order valence-electron chi connectivity index (χ4n) is 1.61. The summed E-state index contributed by atoms with van der Waals surface area (Å²) in [5, 5.41) is 15.5. The van der Waals surface area contributed by atoms with Crippen molar-refractivity contribution in [3.8, 4) is 0 Å². The molecule has 0 amide bonds. The lowest BCUT2D eigenvalue weighted by Gasteiger charge is -2.12. The van der Waals surface area contributed by atoms with E-state index >= 15 is 0 Å². The second kappa shape index (κ2) is 5.77. The first-order valence-electron chi connectivity index (χ1n) is 5.43. The molecule has 2 heterocycles. The molecule has 0 aliphatic carbocycles. The molecular formula is C11H16N4S. The highest BCUT2D eigenvalue weighted by molar-refractivity contribution is 7.07. The van der Waals surface area contributed by atoms with Crippen LogP contribution >= 0.6 is 11.3 Å². The van der Waals surface area contributed by atoms with Crippen LogP contribution in [0.1, 0.15) is 12.5 Å². The van der Waals surface area contributed by atoms with Gasteiger partial charge in [0, 0.05) is 18.8 Å². The fraction of sp³-hybridized carbons (Fsp3) is 0.455. The van der Waals surface area contributed by atoms with Gasteiger partial charge in [-0.2, -0.15) is 11.3 Å².